The van der Waals surface area contributed by atoms with E-state index in [0.29, 0.717) is 0 Å². The van der Waals surface area contributed by atoms with Crippen LogP contribution >= 0.6 is 15.9 Å². The van der Waals surface area contributed by atoms with Crippen molar-refractivity contribution in [2.24, 2.45) is 0 Å². The van der Waals surface area contributed by atoms with E-state index in [-0.39, 0.29) is 4.32 Å². The lowest BCUT2D eigenvalue weighted by Crippen LogP contribution is -2.10. The lowest BCUT2D eigenvalue weighted by atomic mass is 9.92. The van der Waals surface area contributed by atoms with Gasteiger partial charge in [-0.1, -0.05) is 98.8 Å². The first-order valence-electron chi connectivity index (χ1n) is 9.74. The molecule has 0 fully saturated rings. The van der Waals surface area contributed by atoms with Crippen LogP contribution in [0.3, 0.4) is 0 Å². The van der Waals surface area contributed by atoms with Gasteiger partial charge in [-0.25, -0.2) is 0 Å². The highest BCUT2D eigenvalue weighted by molar-refractivity contribution is 9.09. The Morgan fingerprint density at radius 3 is 1.87 bits per heavy atom. The summed E-state index contributed by atoms with van der Waals surface area (Å²) in [6, 6.07) is 6.79. The molecular formula is C22H37Br. The highest BCUT2D eigenvalue weighted by atomic mass is 79.9. The second-order valence-corrected chi connectivity index (χ2v) is 9.48. The molecule has 0 aliphatic heterocycles. The highest BCUT2D eigenvalue weighted by Crippen LogP contribution is 2.33. The molecule has 0 radical (unpaired) electrons. The number of benzene rings is 1. The molecule has 1 rings (SSSR count). The van der Waals surface area contributed by atoms with Gasteiger partial charge in [0.1, 0.15) is 0 Å². The zero-order chi connectivity index (χ0) is 17.1. The average Bonchev–Trinajstić information content (AvgIpc) is 2.49. The largest absolute Gasteiger partial charge is 0.0807 e. The first-order valence-corrected chi connectivity index (χ1v) is 10.5. The number of rotatable bonds is 12. The number of halogens is 1. The minimum absolute atomic E-state index is 0.0743. The normalized spacial score (nSPS) is 11.9. The predicted octanol–water partition coefficient (Wildman–Crippen LogP) is 8.09. The van der Waals surface area contributed by atoms with E-state index in [4.69, 9.17) is 0 Å². The third-order valence-corrected chi connectivity index (χ3v) is 5.31. The second kappa shape index (κ2) is 11.3. The molecule has 0 nitrogen and oxygen atoms in total. The Morgan fingerprint density at radius 2 is 1.35 bits per heavy atom. The summed E-state index contributed by atoms with van der Waals surface area (Å²) in [5.41, 5.74) is 4.45. The van der Waals surface area contributed by atoms with E-state index >= 15 is 0 Å². The van der Waals surface area contributed by atoms with E-state index in [1.165, 1.54) is 87.3 Å². The Labute approximate surface area is 153 Å². The Bertz CT molecular complexity index is 428. The lowest BCUT2D eigenvalue weighted by molar-refractivity contribution is 0.556. The van der Waals surface area contributed by atoms with Crippen molar-refractivity contribution >= 4 is 15.9 Å². The standard InChI is InChI=1S/C22H37Br/c1-5-6-7-8-9-10-11-12-13-14-16-20-17-15-18-21(19(20)2)22(3,4)23/h15,17-18H,5-14,16H2,1-4H3. The van der Waals surface area contributed by atoms with Gasteiger partial charge in [0.25, 0.3) is 0 Å². The van der Waals surface area contributed by atoms with Gasteiger partial charge in [0.05, 0.1) is 0 Å². The van der Waals surface area contributed by atoms with Gasteiger partial charge >= 0.3 is 0 Å². The zero-order valence-electron chi connectivity index (χ0n) is 15.9. The van der Waals surface area contributed by atoms with Gasteiger partial charge in [-0.2, -0.15) is 0 Å². The first kappa shape index (κ1) is 20.7. The average molecular weight is 381 g/mol. The Balaban J connectivity index is 2.19. The summed E-state index contributed by atoms with van der Waals surface area (Å²) in [4.78, 5) is 0. The number of aryl methyl sites for hydroxylation is 1. The fourth-order valence-corrected chi connectivity index (χ4v) is 3.83. The Kier molecular flexibility index (Phi) is 10.2. The van der Waals surface area contributed by atoms with Crippen molar-refractivity contribution in [1.29, 1.82) is 0 Å². The molecule has 0 spiro atoms. The van der Waals surface area contributed by atoms with Crippen LogP contribution < -0.4 is 0 Å². The zero-order valence-corrected chi connectivity index (χ0v) is 17.5. The van der Waals surface area contributed by atoms with Crippen molar-refractivity contribution in [3.8, 4) is 0 Å². The maximum absolute atomic E-state index is 3.80. The molecular weight excluding hydrogens is 344 g/mol. The third kappa shape index (κ3) is 8.38. The van der Waals surface area contributed by atoms with E-state index in [2.05, 4.69) is 61.8 Å². The Hall–Kier alpha value is -0.300. The molecule has 1 heteroatoms. The molecule has 0 saturated heterocycles. The van der Waals surface area contributed by atoms with Gasteiger partial charge in [-0.15, -0.1) is 0 Å². The molecule has 23 heavy (non-hydrogen) atoms. The number of hydrogen-bond acceptors (Lipinski definition) is 0. The summed E-state index contributed by atoms with van der Waals surface area (Å²) in [6.07, 6.45) is 15.3. The summed E-state index contributed by atoms with van der Waals surface area (Å²) < 4.78 is 0.0743. The number of unbranched alkanes of at least 4 members (excludes halogenated alkanes) is 9. The molecule has 0 atom stereocenters. The SMILES string of the molecule is CCCCCCCCCCCCc1cccc(C(C)(C)Br)c1C. The molecule has 1 aromatic carbocycles. The molecule has 0 unspecified atom stereocenters. The van der Waals surface area contributed by atoms with Gasteiger partial charge in [0, 0.05) is 4.32 Å². The van der Waals surface area contributed by atoms with Crippen LogP contribution in [-0.2, 0) is 10.7 Å². The molecule has 0 saturated carbocycles. The monoisotopic (exact) mass is 380 g/mol. The topological polar surface area (TPSA) is 0 Å². The maximum atomic E-state index is 3.80. The van der Waals surface area contributed by atoms with Crippen molar-refractivity contribution in [1.82, 2.24) is 0 Å². The van der Waals surface area contributed by atoms with E-state index < -0.39 is 0 Å². The van der Waals surface area contributed by atoms with Crippen molar-refractivity contribution < 1.29 is 0 Å². The van der Waals surface area contributed by atoms with Gasteiger partial charge in [-0.3, -0.25) is 0 Å². The van der Waals surface area contributed by atoms with Gasteiger partial charge in [0.2, 0.25) is 0 Å². The van der Waals surface area contributed by atoms with Crippen LogP contribution in [0, 0.1) is 6.92 Å². The summed E-state index contributed by atoms with van der Waals surface area (Å²) >= 11 is 3.80. The molecule has 0 amide bonds. The van der Waals surface area contributed by atoms with Crippen LogP contribution in [0.1, 0.15) is 102 Å². The van der Waals surface area contributed by atoms with Crippen LogP contribution in [0.2, 0.25) is 0 Å². The second-order valence-electron chi connectivity index (χ2n) is 7.49. The van der Waals surface area contributed by atoms with Crippen LogP contribution in [0.25, 0.3) is 0 Å². The van der Waals surface area contributed by atoms with Crippen molar-refractivity contribution in [3.63, 3.8) is 0 Å². The predicted molar refractivity (Wildman–Crippen MR) is 109 cm³/mol. The molecule has 0 aliphatic carbocycles. The summed E-state index contributed by atoms with van der Waals surface area (Å²) in [5, 5.41) is 0. The fourth-order valence-electron chi connectivity index (χ4n) is 3.40. The van der Waals surface area contributed by atoms with Crippen LogP contribution in [0.4, 0.5) is 0 Å². The molecule has 0 bridgehead atoms. The highest BCUT2D eigenvalue weighted by Gasteiger charge is 2.19. The van der Waals surface area contributed by atoms with Crippen LogP contribution in [-0.4, -0.2) is 0 Å². The quantitative estimate of drug-likeness (QED) is 0.253. The molecule has 1 aromatic rings. The molecule has 0 heterocycles. The molecule has 0 aromatic heterocycles. The van der Waals surface area contributed by atoms with E-state index in [1.54, 1.807) is 0 Å². The van der Waals surface area contributed by atoms with Crippen LogP contribution in [0.15, 0.2) is 18.2 Å². The molecule has 0 N–H and O–H groups in total. The Morgan fingerprint density at radius 1 is 0.826 bits per heavy atom. The first-order chi connectivity index (χ1) is 11.0. The van der Waals surface area contributed by atoms with Crippen LogP contribution in [0.5, 0.6) is 0 Å². The number of alkyl halides is 1. The van der Waals surface area contributed by atoms with Gasteiger partial charge in [-0.05, 0) is 50.3 Å². The minimum atomic E-state index is 0.0743. The maximum Gasteiger partial charge on any atom is 0.0452 e. The van der Waals surface area contributed by atoms with E-state index in [0.717, 1.165) is 0 Å². The van der Waals surface area contributed by atoms with E-state index in [9.17, 15) is 0 Å². The summed E-state index contributed by atoms with van der Waals surface area (Å²) in [7, 11) is 0. The molecule has 0 aliphatic rings. The summed E-state index contributed by atoms with van der Waals surface area (Å²) in [5.74, 6) is 0. The smallest absolute Gasteiger partial charge is 0.0452 e. The summed E-state index contributed by atoms with van der Waals surface area (Å²) in [6.45, 7) is 9.04. The minimum Gasteiger partial charge on any atom is -0.0807 e. The third-order valence-electron chi connectivity index (χ3n) is 4.89. The molecule has 132 valence electrons. The lowest BCUT2D eigenvalue weighted by Gasteiger charge is -2.21. The van der Waals surface area contributed by atoms with Gasteiger partial charge in [0.15, 0.2) is 0 Å². The van der Waals surface area contributed by atoms with Crippen molar-refractivity contribution in [3.05, 3.63) is 34.9 Å². The van der Waals surface area contributed by atoms with Crippen molar-refractivity contribution in [2.75, 3.05) is 0 Å². The van der Waals surface area contributed by atoms with E-state index in [1.807, 2.05) is 0 Å². The van der Waals surface area contributed by atoms with Crippen molar-refractivity contribution in [2.45, 2.75) is 103 Å². The fraction of sp³-hybridized carbons (Fsp3) is 0.727. The number of hydrogen-bond donors (Lipinski definition) is 0. The van der Waals surface area contributed by atoms with Gasteiger partial charge < -0.3 is 0 Å².